The first-order valence-corrected chi connectivity index (χ1v) is 7.94. The van der Waals surface area contributed by atoms with Crippen LogP contribution in [0.25, 0.3) is 0 Å². The first kappa shape index (κ1) is 15.5. The van der Waals surface area contributed by atoms with E-state index in [2.05, 4.69) is 0 Å². The molecule has 0 aliphatic heterocycles. The maximum absolute atomic E-state index is 11.9. The van der Waals surface area contributed by atoms with Crippen LogP contribution in [-0.4, -0.2) is 29.1 Å². The lowest BCUT2D eigenvalue weighted by molar-refractivity contribution is 0.552. The SMILES string of the molecule is CCn1cc(N)c(=O)n(CCCS(=O)(=O)CC)c1=O. The Bertz CT molecular complexity index is 657. The van der Waals surface area contributed by atoms with E-state index in [4.69, 9.17) is 5.73 Å². The predicted molar refractivity (Wildman–Crippen MR) is 74.0 cm³/mol. The summed E-state index contributed by atoms with van der Waals surface area (Å²) in [4.78, 5) is 23.7. The molecular weight excluding hydrogens is 270 g/mol. The number of aryl methyl sites for hydroxylation is 1. The van der Waals surface area contributed by atoms with Crippen molar-refractivity contribution in [2.45, 2.75) is 33.4 Å². The van der Waals surface area contributed by atoms with Crippen molar-refractivity contribution < 1.29 is 8.42 Å². The molecule has 8 heteroatoms. The van der Waals surface area contributed by atoms with Crippen molar-refractivity contribution in [3.8, 4) is 0 Å². The van der Waals surface area contributed by atoms with Crippen molar-refractivity contribution in [3.63, 3.8) is 0 Å². The van der Waals surface area contributed by atoms with Crippen LogP contribution < -0.4 is 17.0 Å². The van der Waals surface area contributed by atoms with E-state index in [1.807, 2.05) is 0 Å². The Hall–Kier alpha value is -1.57. The van der Waals surface area contributed by atoms with Gasteiger partial charge < -0.3 is 5.73 Å². The van der Waals surface area contributed by atoms with Gasteiger partial charge in [0.25, 0.3) is 5.56 Å². The van der Waals surface area contributed by atoms with Crippen LogP contribution in [0.1, 0.15) is 20.3 Å². The fourth-order valence-electron chi connectivity index (χ4n) is 1.69. The van der Waals surface area contributed by atoms with Crippen LogP contribution in [0.5, 0.6) is 0 Å². The number of nitrogens with two attached hydrogens (primary N) is 1. The Morgan fingerprint density at radius 1 is 1.26 bits per heavy atom. The molecule has 0 spiro atoms. The average molecular weight is 289 g/mol. The lowest BCUT2D eigenvalue weighted by atomic mass is 10.4. The van der Waals surface area contributed by atoms with Crippen molar-refractivity contribution in [3.05, 3.63) is 27.0 Å². The van der Waals surface area contributed by atoms with Gasteiger partial charge in [-0.2, -0.15) is 0 Å². The highest BCUT2D eigenvalue weighted by Crippen LogP contribution is 1.96. The molecule has 0 radical (unpaired) electrons. The average Bonchev–Trinajstić information content (AvgIpc) is 2.37. The Morgan fingerprint density at radius 3 is 2.42 bits per heavy atom. The normalized spacial score (nSPS) is 11.7. The second-order valence-electron chi connectivity index (χ2n) is 4.20. The third kappa shape index (κ3) is 3.69. The van der Waals surface area contributed by atoms with Crippen molar-refractivity contribution >= 4 is 15.5 Å². The number of anilines is 1. The highest BCUT2D eigenvalue weighted by Gasteiger charge is 2.11. The van der Waals surface area contributed by atoms with Gasteiger partial charge in [0.1, 0.15) is 15.5 Å². The van der Waals surface area contributed by atoms with Gasteiger partial charge in [-0.1, -0.05) is 6.92 Å². The number of nitrogens with zero attached hydrogens (tertiary/aromatic N) is 2. The van der Waals surface area contributed by atoms with Gasteiger partial charge in [0.15, 0.2) is 0 Å². The van der Waals surface area contributed by atoms with E-state index in [9.17, 15) is 18.0 Å². The summed E-state index contributed by atoms with van der Waals surface area (Å²) < 4.78 is 25.0. The topological polar surface area (TPSA) is 104 Å². The first-order chi connectivity index (χ1) is 8.82. The highest BCUT2D eigenvalue weighted by atomic mass is 32.2. The Morgan fingerprint density at radius 2 is 1.89 bits per heavy atom. The maximum Gasteiger partial charge on any atom is 0.331 e. The summed E-state index contributed by atoms with van der Waals surface area (Å²) >= 11 is 0. The zero-order valence-corrected chi connectivity index (χ0v) is 11.9. The second-order valence-corrected chi connectivity index (χ2v) is 6.67. The van der Waals surface area contributed by atoms with Crippen LogP contribution in [0.4, 0.5) is 5.69 Å². The van der Waals surface area contributed by atoms with E-state index < -0.39 is 21.1 Å². The standard InChI is InChI=1S/C11H19N3O4S/c1-3-13-8-9(12)10(15)14(11(13)16)6-5-7-19(17,18)4-2/h8H,3-7,12H2,1-2H3. The molecule has 0 saturated carbocycles. The van der Waals surface area contributed by atoms with Gasteiger partial charge in [0.2, 0.25) is 0 Å². The summed E-state index contributed by atoms with van der Waals surface area (Å²) in [7, 11) is -3.10. The Kier molecular flexibility index (Phi) is 4.93. The molecule has 1 rings (SSSR count). The molecule has 2 N–H and O–H groups in total. The van der Waals surface area contributed by atoms with Crippen LogP contribution >= 0.6 is 0 Å². The summed E-state index contributed by atoms with van der Waals surface area (Å²) in [5, 5.41) is 0. The largest absolute Gasteiger partial charge is 0.393 e. The van der Waals surface area contributed by atoms with Gasteiger partial charge in [0, 0.05) is 25.0 Å². The summed E-state index contributed by atoms with van der Waals surface area (Å²) in [5.41, 5.74) is 4.50. The van der Waals surface area contributed by atoms with Crippen molar-refractivity contribution in [1.29, 1.82) is 0 Å². The quantitative estimate of drug-likeness (QED) is 0.755. The minimum atomic E-state index is -3.10. The van der Waals surface area contributed by atoms with E-state index in [-0.39, 0.29) is 30.2 Å². The molecule has 0 fully saturated rings. The van der Waals surface area contributed by atoms with Gasteiger partial charge in [-0.15, -0.1) is 0 Å². The third-order valence-electron chi connectivity index (χ3n) is 2.88. The van der Waals surface area contributed by atoms with E-state index in [1.165, 1.54) is 10.8 Å². The van der Waals surface area contributed by atoms with Gasteiger partial charge in [-0.05, 0) is 13.3 Å². The van der Waals surface area contributed by atoms with Gasteiger partial charge in [-0.3, -0.25) is 13.9 Å². The molecule has 0 aromatic carbocycles. The molecule has 0 aliphatic carbocycles. The van der Waals surface area contributed by atoms with E-state index >= 15 is 0 Å². The van der Waals surface area contributed by atoms with E-state index in [1.54, 1.807) is 13.8 Å². The third-order valence-corrected chi connectivity index (χ3v) is 4.67. The first-order valence-electron chi connectivity index (χ1n) is 6.12. The second kappa shape index (κ2) is 6.05. The summed E-state index contributed by atoms with van der Waals surface area (Å²) in [6.45, 7) is 3.78. The fraction of sp³-hybridized carbons (Fsp3) is 0.636. The molecule has 1 aromatic rings. The van der Waals surface area contributed by atoms with E-state index in [0.717, 1.165) is 4.57 Å². The van der Waals surface area contributed by atoms with E-state index in [0.29, 0.717) is 6.54 Å². The number of rotatable bonds is 6. The molecule has 0 bridgehead atoms. The lowest BCUT2D eigenvalue weighted by Crippen LogP contribution is -2.40. The van der Waals surface area contributed by atoms with Crippen LogP contribution in [0.3, 0.4) is 0 Å². The molecule has 19 heavy (non-hydrogen) atoms. The number of nitrogen functional groups attached to an aromatic ring is 1. The molecule has 108 valence electrons. The number of aromatic nitrogens is 2. The summed E-state index contributed by atoms with van der Waals surface area (Å²) in [6.07, 6.45) is 1.53. The zero-order valence-electron chi connectivity index (χ0n) is 11.1. The minimum Gasteiger partial charge on any atom is -0.393 e. The zero-order chi connectivity index (χ0) is 14.6. The Balaban J connectivity index is 2.99. The van der Waals surface area contributed by atoms with Crippen LogP contribution in [0.2, 0.25) is 0 Å². The van der Waals surface area contributed by atoms with Gasteiger partial charge in [0.05, 0.1) is 5.75 Å². The molecule has 0 amide bonds. The molecule has 7 nitrogen and oxygen atoms in total. The van der Waals surface area contributed by atoms with Crippen molar-refractivity contribution in [1.82, 2.24) is 9.13 Å². The molecular formula is C11H19N3O4S. The highest BCUT2D eigenvalue weighted by molar-refractivity contribution is 7.91. The van der Waals surface area contributed by atoms with Gasteiger partial charge in [-0.25, -0.2) is 13.2 Å². The van der Waals surface area contributed by atoms with Crippen molar-refractivity contribution in [2.75, 3.05) is 17.2 Å². The number of sulfone groups is 1. The number of hydrogen-bond donors (Lipinski definition) is 1. The molecule has 0 unspecified atom stereocenters. The minimum absolute atomic E-state index is 0.0141. The predicted octanol–water partition coefficient (Wildman–Crippen LogP) is -0.563. The smallest absolute Gasteiger partial charge is 0.331 e. The van der Waals surface area contributed by atoms with Crippen molar-refractivity contribution in [2.24, 2.45) is 0 Å². The maximum atomic E-state index is 11.9. The molecule has 1 heterocycles. The molecule has 0 atom stereocenters. The molecule has 0 aliphatic rings. The molecule has 0 saturated heterocycles. The number of hydrogen-bond acceptors (Lipinski definition) is 5. The van der Waals surface area contributed by atoms with Crippen LogP contribution in [-0.2, 0) is 22.9 Å². The monoisotopic (exact) mass is 289 g/mol. The Labute approximate surface area is 111 Å². The van der Waals surface area contributed by atoms with Crippen LogP contribution in [0.15, 0.2) is 15.8 Å². The van der Waals surface area contributed by atoms with Gasteiger partial charge >= 0.3 is 5.69 Å². The van der Waals surface area contributed by atoms with Crippen LogP contribution in [0, 0.1) is 0 Å². The lowest BCUT2D eigenvalue weighted by Gasteiger charge is -2.09. The summed E-state index contributed by atoms with van der Waals surface area (Å²) in [6, 6.07) is 0. The molecule has 1 aromatic heterocycles. The summed E-state index contributed by atoms with van der Waals surface area (Å²) in [5.74, 6) is 0.00826. The fourth-order valence-corrected chi connectivity index (χ4v) is 2.54.